The summed E-state index contributed by atoms with van der Waals surface area (Å²) in [6.45, 7) is 5.27. The molecule has 0 fully saturated rings. The SMILES string of the molecule is CC(C)(C)OC(=O)/C(=C/c1ccco1)Nc1ncc(-c2ccc(F)c([N+](=O)[O-])c2)nc1Cc1ccccc1. The van der Waals surface area contributed by atoms with Crippen molar-refractivity contribution in [3.8, 4) is 11.3 Å². The number of hydrogen-bond donors (Lipinski definition) is 1. The predicted molar refractivity (Wildman–Crippen MR) is 139 cm³/mol. The van der Waals surface area contributed by atoms with Gasteiger partial charge in [-0.2, -0.15) is 4.39 Å². The van der Waals surface area contributed by atoms with Gasteiger partial charge in [0.15, 0.2) is 5.82 Å². The predicted octanol–water partition coefficient (Wildman–Crippen LogP) is 6.17. The number of halogens is 1. The zero-order valence-electron chi connectivity index (χ0n) is 21.0. The third-order valence-corrected chi connectivity index (χ3v) is 5.20. The van der Waals surface area contributed by atoms with Crippen molar-refractivity contribution in [1.29, 1.82) is 0 Å². The van der Waals surface area contributed by atoms with Gasteiger partial charge in [-0.1, -0.05) is 30.3 Å². The molecule has 4 rings (SSSR count). The first-order valence-corrected chi connectivity index (χ1v) is 11.7. The van der Waals surface area contributed by atoms with Gasteiger partial charge in [-0.3, -0.25) is 10.1 Å². The van der Waals surface area contributed by atoms with E-state index in [4.69, 9.17) is 9.15 Å². The van der Waals surface area contributed by atoms with E-state index in [1.165, 1.54) is 24.6 Å². The Kier molecular flexibility index (Phi) is 7.61. The lowest BCUT2D eigenvalue weighted by atomic mass is 10.1. The minimum absolute atomic E-state index is 0.0728. The average molecular weight is 517 g/mol. The van der Waals surface area contributed by atoms with Crippen LogP contribution in [0.2, 0.25) is 0 Å². The van der Waals surface area contributed by atoms with Gasteiger partial charge in [-0.15, -0.1) is 0 Å². The van der Waals surface area contributed by atoms with Gasteiger partial charge in [-0.05, 0) is 50.6 Å². The number of rotatable bonds is 8. The number of benzene rings is 2. The Morgan fingerprint density at radius 2 is 1.92 bits per heavy atom. The smallest absolute Gasteiger partial charge is 0.355 e. The Morgan fingerprint density at radius 1 is 1.16 bits per heavy atom. The summed E-state index contributed by atoms with van der Waals surface area (Å²) in [4.78, 5) is 32.6. The lowest BCUT2D eigenvalue weighted by Crippen LogP contribution is -2.27. The van der Waals surface area contributed by atoms with E-state index in [0.29, 0.717) is 29.1 Å². The molecule has 0 aliphatic rings. The molecule has 0 aliphatic carbocycles. The molecule has 2 heterocycles. The standard InChI is InChI=1S/C28H25FN4O5/c1-28(2,3)38-27(34)23(16-20-10-7-13-37-20)32-26-22(14-18-8-5-4-6-9-18)31-24(17-30-26)19-11-12-21(29)25(15-19)33(35)36/h4-13,15-17H,14H2,1-3H3,(H,30,32)/b23-16-. The maximum atomic E-state index is 13.9. The fraction of sp³-hybridized carbons (Fsp3) is 0.179. The normalized spacial score (nSPS) is 11.7. The number of hydrogen-bond acceptors (Lipinski definition) is 8. The zero-order valence-corrected chi connectivity index (χ0v) is 21.0. The summed E-state index contributed by atoms with van der Waals surface area (Å²) in [5.41, 5.74) is 0.660. The fourth-order valence-electron chi connectivity index (χ4n) is 3.52. The quantitative estimate of drug-likeness (QED) is 0.128. The number of anilines is 1. The first kappa shape index (κ1) is 26.2. The van der Waals surface area contributed by atoms with E-state index in [1.807, 2.05) is 30.3 Å². The summed E-state index contributed by atoms with van der Waals surface area (Å²) in [7, 11) is 0. The van der Waals surface area contributed by atoms with Crippen molar-refractivity contribution in [1.82, 2.24) is 9.97 Å². The van der Waals surface area contributed by atoms with Crippen LogP contribution in [0.25, 0.3) is 17.3 Å². The third-order valence-electron chi connectivity index (χ3n) is 5.20. The average Bonchev–Trinajstić information content (AvgIpc) is 3.37. The van der Waals surface area contributed by atoms with Crippen LogP contribution >= 0.6 is 0 Å². The van der Waals surface area contributed by atoms with Gasteiger partial charge in [0, 0.05) is 24.1 Å². The van der Waals surface area contributed by atoms with Crippen molar-refractivity contribution in [3.63, 3.8) is 0 Å². The highest BCUT2D eigenvalue weighted by Gasteiger charge is 2.23. The molecule has 0 aliphatic heterocycles. The topological polar surface area (TPSA) is 120 Å². The second kappa shape index (κ2) is 11.0. The molecule has 4 aromatic rings. The Balaban J connectivity index is 1.77. The molecule has 2 aromatic carbocycles. The van der Waals surface area contributed by atoms with Crippen molar-refractivity contribution < 1.29 is 23.3 Å². The molecular formula is C28H25FN4O5. The number of aromatic nitrogens is 2. The molecule has 1 N–H and O–H groups in total. The van der Waals surface area contributed by atoms with Gasteiger partial charge in [0.25, 0.3) is 0 Å². The number of carbonyl (C=O) groups excluding carboxylic acids is 1. The zero-order chi connectivity index (χ0) is 27.3. The van der Waals surface area contributed by atoms with E-state index < -0.39 is 28.0 Å². The summed E-state index contributed by atoms with van der Waals surface area (Å²) in [5, 5.41) is 14.3. The van der Waals surface area contributed by atoms with Gasteiger partial charge < -0.3 is 14.5 Å². The second-order valence-corrected chi connectivity index (χ2v) is 9.34. The summed E-state index contributed by atoms with van der Waals surface area (Å²) in [6, 6.07) is 16.4. The van der Waals surface area contributed by atoms with Crippen LogP contribution in [0.15, 0.2) is 83.2 Å². The lowest BCUT2D eigenvalue weighted by Gasteiger charge is -2.21. The Bertz CT molecular complexity index is 1480. The van der Waals surface area contributed by atoms with Crippen LogP contribution < -0.4 is 5.32 Å². The van der Waals surface area contributed by atoms with Crippen molar-refractivity contribution in [2.24, 2.45) is 0 Å². The largest absolute Gasteiger partial charge is 0.465 e. The van der Waals surface area contributed by atoms with Crippen molar-refractivity contribution in [3.05, 3.63) is 112 Å². The molecule has 38 heavy (non-hydrogen) atoms. The van der Waals surface area contributed by atoms with Crippen LogP contribution in [0, 0.1) is 15.9 Å². The second-order valence-electron chi connectivity index (χ2n) is 9.34. The maximum Gasteiger partial charge on any atom is 0.355 e. The highest BCUT2D eigenvalue weighted by atomic mass is 19.1. The van der Waals surface area contributed by atoms with Gasteiger partial charge in [0.05, 0.1) is 28.8 Å². The van der Waals surface area contributed by atoms with E-state index in [1.54, 1.807) is 32.9 Å². The van der Waals surface area contributed by atoms with E-state index in [2.05, 4.69) is 15.3 Å². The first-order valence-electron chi connectivity index (χ1n) is 11.7. The molecule has 10 heteroatoms. The molecule has 0 bridgehead atoms. The Hall–Kier alpha value is -4.86. The van der Waals surface area contributed by atoms with Crippen LogP contribution in [0.1, 0.15) is 37.8 Å². The fourth-order valence-corrected chi connectivity index (χ4v) is 3.52. The summed E-state index contributed by atoms with van der Waals surface area (Å²) in [6.07, 6.45) is 4.71. The van der Waals surface area contributed by atoms with E-state index in [9.17, 15) is 19.3 Å². The molecule has 0 radical (unpaired) electrons. The lowest BCUT2D eigenvalue weighted by molar-refractivity contribution is -0.387. The number of furan rings is 1. The molecule has 0 amide bonds. The Labute approximate surface area is 218 Å². The monoisotopic (exact) mass is 516 g/mol. The minimum atomic E-state index is -0.945. The molecule has 0 atom stereocenters. The number of nitrogens with one attached hydrogen (secondary N) is 1. The van der Waals surface area contributed by atoms with Crippen molar-refractivity contribution in [2.75, 3.05) is 5.32 Å². The maximum absolute atomic E-state index is 13.9. The van der Waals surface area contributed by atoms with Crippen LogP contribution in [-0.4, -0.2) is 26.5 Å². The van der Waals surface area contributed by atoms with Gasteiger partial charge >= 0.3 is 11.7 Å². The van der Waals surface area contributed by atoms with E-state index in [0.717, 1.165) is 17.7 Å². The molecule has 0 saturated carbocycles. The number of nitro benzene ring substituents is 1. The molecule has 194 valence electrons. The third kappa shape index (κ3) is 6.67. The molecule has 0 unspecified atom stereocenters. The van der Waals surface area contributed by atoms with Gasteiger partial charge in [0.1, 0.15) is 17.1 Å². The number of ether oxygens (including phenoxy) is 1. The highest BCUT2D eigenvalue weighted by molar-refractivity contribution is 5.96. The van der Waals surface area contributed by atoms with Crippen LogP contribution in [0.4, 0.5) is 15.9 Å². The van der Waals surface area contributed by atoms with Crippen LogP contribution in [0.3, 0.4) is 0 Å². The molecular weight excluding hydrogens is 491 g/mol. The van der Waals surface area contributed by atoms with Crippen LogP contribution in [0.5, 0.6) is 0 Å². The number of esters is 1. The minimum Gasteiger partial charge on any atom is -0.465 e. The summed E-state index contributed by atoms with van der Waals surface area (Å²) < 4.78 is 24.9. The van der Waals surface area contributed by atoms with Crippen molar-refractivity contribution in [2.45, 2.75) is 32.8 Å². The number of nitrogens with zero attached hydrogens (tertiary/aromatic N) is 3. The van der Waals surface area contributed by atoms with E-state index >= 15 is 0 Å². The summed E-state index contributed by atoms with van der Waals surface area (Å²) >= 11 is 0. The molecule has 9 nitrogen and oxygen atoms in total. The highest BCUT2D eigenvalue weighted by Crippen LogP contribution is 2.28. The number of nitro groups is 1. The Morgan fingerprint density at radius 3 is 2.58 bits per heavy atom. The number of carbonyl (C=O) groups is 1. The van der Waals surface area contributed by atoms with Gasteiger partial charge in [-0.25, -0.2) is 14.8 Å². The molecule has 0 saturated heterocycles. The van der Waals surface area contributed by atoms with E-state index in [-0.39, 0.29) is 11.5 Å². The first-order chi connectivity index (χ1) is 18.1. The van der Waals surface area contributed by atoms with Crippen LogP contribution in [-0.2, 0) is 16.0 Å². The summed E-state index contributed by atoms with van der Waals surface area (Å²) in [5.74, 6) is -0.872. The molecule has 0 spiro atoms. The van der Waals surface area contributed by atoms with Gasteiger partial charge in [0.2, 0.25) is 5.82 Å². The molecule has 2 aromatic heterocycles. The van der Waals surface area contributed by atoms with Crippen molar-refractivity contribution >= 4 is 23.6 Å².